The normalized spacial score (nSPS) is 12.8. The van der Waals surface area contributed by atoms with Crippen LogP contribution in [0.15, 0.2) is 30.3 Å². The van der Waals surface area contributed by atoms with Gasteiger partial charge in [0.2, 0.25) is 0 Å². The highest BCUT2D eigenvalue weighted by atomic mass is 16.3. The van der Waals surface area contributed by atoms with Gasteiger partial charge in [-0.3, -0.25) is 0 Å². The molecule has 0 fully saturated rings. The minimum absolute atomic E-state index is 0.268. The molecule has 1 heteroatoms. The fourth-order valence-electron chi connectivity index (χ4n) is 1.54. The van der Waals surface area contributed by atoms with E-state index in [4.69, 9.17) is 0 Å². The van der Waals surface area contributed by atoms with Crippen LogP contribution in [0.3, 0.4) is 0 Å². The molecule has 72 valence electrons. The fraction of sp³-hybridized carbons (Fsp3) is 0.500. The molecule has 0 spiro atoms. The summed E-state index contributed by atoms with van der Waals surface area (Å²) < 4.78 is 0. The lowest BCUT2D eigenvalue weighted by Gasteiger charge is -2.13. The SMILES string of the molecule is CCCCC(CO)c1ccccc1. The first-order valence-electron chi connectivity index (χ1n) is 5.04. The van der Waals surface area contributed by atoms with Crippen LogP contribution in [0.2, 0.25) is 0 Å². The molecule has 1 unspecified atom stereocenters. The molecule has 1 atom stereocenters. The van der Waals surface area contributed by atoms with Gasteiger partial charge >= 0.3 is 0 Å². The van der Waals surface area contributed by atoms with Crippen molar-refractivity contribution in [3.8, 4) is 0 Å². The summed E-state index contributed by atoms with van der Waals surface area (Å²) >= 11 is 0. The molecule has 0 radical (unpaired) electrons. The van der Waals surface area contributed by atoms with E-state index < -0.39 is 0 Å². The number of aliphatic hydroxyl groups is 1. The van der Waals surface area contributed by atoms with E-state index in [0.717, 1.165) is 6.42 Å². The van der Waals surface area contributed by atoms with Gasteiger partial charge in [0, 0.05) is 12.5 Å². The highest BCUT2D eigenvalue weighted by molar-refractivity contribution is 5.19. The lowest BCUT2D eigenvalue weighted by Crippen LogP contribution is -2.03. The largest absolute Gasteiger partial charge is 0.396 e. The number of unbranched alkanes of at least 4 members (excludes halogenated alkanes) is 1. The molecule has 1 N–H and O–H groups in total. The van der Waals surface area contributed by atoms with Gasteiger partial charge in [0.25, 0.3) is 0 Å². The minimum atomic E-state index is 0.268. The van der Waals surface area contributed by atoms with Crippen LogP contribution < -0.4 is 0 Å². The quantitative estimate of drug-likeness (QED) is 0.735. The number of benzene rings is 1. The van der Waals surface area contributed by atoms with Crippen LogP contribution in [-0.4, -0.2) is 11.7 Å². The molecule has 1 rings (SSSR count). The van der Waals surface area contributed by atoms with Crippen LogP contribution in [0.5, 0.6) is 0 Å². The Morgan fingerprint density at radius 2 is 1.92 bits per heavy atom. The predicted molar refractivity (Wildman–Crippen MR) is 55.8 cm³/mol. The molecular weight excluding hydrogens is 160 g/mol. The lowest BCUT2D eigenvalue weighted by molar-refractivity contribution is 0.257. The van der Waals surface area contributed by atoms with Crippen molar-refractivity contribution >= 4 is 0 Å². The van der Waals surface area contributed by atoms with E-state index in [2.05, 4.69) is 19.1 Å². The molecular formula is C12H18O. The van der Waals surface area contributed by atoms with Crippen molar-refractivity contribution in [1.29, 1.82) is 0 Å². The van der Waals surface area contributed by atoms with Gasteiger partial charge in [0.05, 0.1) is 0 Å². The van der Waals surface area contributed by atoms with Gasteiger partial charge in [0.1, 0.15) is 0 Å². The first kappa shape index (κ1) is 10.3. The Kier molecular flexibility index (Phi) is 4.55. The Bertz CT molecular complexity index is 218. The monoisotopic (exact) mass is 178 g/mol. The van der Waals surface area contributed by atoms with E-state index in [9.17, 15) is 5.11 Å². The van der Waals surface area contributed by atoms with Gasteiger partial charge in [-0.1, -0.05) is 50.1 Å². The molecule has 0 aromatic heterocycles. The van der Waals surface area contributed by atoms with E-state index in [1.54, 1.807) is 0 Å². The van der Waals surface area contributed by atoms with Crippen LogP contribution >= 0.6 is 0 Å². The summed E-state index contributed by atoms with van der Waals surface area (Å²) in [6, 6.07) is 10.3. The summed E-state index contributed by atoms with van der Waals surface area (Å²) in [6.45, 7) is 2.45. The molecule has 0 saturated heterocycles. The van der Waals surface area contributed by atoms with Gasteiger partial charge in [-0.2, -0.15) is 0 Å². The van der Waals surface area contributed by atoms with Gasteiger partial charge in [0.15, 0.2) is 0 Å². The molecule has 0 saturated carbocycles. The molecule has 0 amide bonds. The average Bonchev–Trinajstić information content (AvgIpc) is 2.21. The third-order valence-corrected chi connectivity index (χ3v) is 2.40. The lowest BCUT2D eigenvalue weighted by atomic mass is 9.95. The maximum atomic E-state index is 9.21. The molecule has 0 aliphatic heterocycles. The van der Waals surface area contributed by atoms with Crippen molar-refractivity contribution in [2.45, 2.75) is 32.1 Å². The van der Waals surface area contributed by atoms with E-state index in [1.807, 2.05) is 18.2 Å². The van der Waals surface area contributed by atoms with Crippen molar-refractivity contribution in [1.82, 2.24) is 0 Å². The molecule has 13 heavy (non-hydrogen) atoms. The van der Waals surface area contributed by atoms with Crippen molar-refractivity contribution in [2.75, 3.05) is 6.61 Å². The Balaban J connectivity index is 2.56. The highest BCUT2D eigenvalue weighted by Gasteiger charge is 2.08. The molecule has 1 aromatic carbocycles. The molecule has 0 aliphatic carbocycles. The third kappa shape index (κ3) is 3.19. The van der Waals surface area contributed by atoms with Crippen molar-refractivity contribution in [2.24, 2.45) is 0 Å². The number of hydrogen-bond acceptors (Lipinski definition) is 1. The molecule has 0 heterocycles. The van der Waals surface area contributed by atoms with Crippen molar-refractivity contribution in [3.63, 3.8) is 0 Å². The van der Waals surface area contributed by atoms with Crippen molar-refractivity contribution < 1.29 is 5.11 Å². The molecule has 0 bridgehead atoms. The zero-order valence-electron chi connectivity index (χ0n) is 8.24. The topological polar surface area (TPSA) is 20.2 Å². The average molecular weight is 178 g/mol. The maximum Gasteiger partial charge on any atom is 0.0499 e. The van der Waals surface area contributed by atoms with Crippen LogP contribution in [0, 0.1) is 0 Å². The van der Waals surface area contributed by atoms with E-state index in [1.165, 1.54) is 18.4 Å². The molecule has 1 nitrogen and oxygen atoms in total. The van der Waals surface area contributed by atoms with Crippen LogP contribution in [0.1, 0.15) is 37.7 Å². The molecule has 1 aromatic rings. The second kappa shape index (κ2) is 5.76. The summed E-state index contributed by atoms with van der Waals surface area (Å²) in [5.74, 6) is 0.334. The van der Waals surface area contributed by atoms with Gasteiger partial charge < -0.3 is 5.11 Å². The Labute approximate surface area is 80.4 Å². The van der Waals surface area contributed by atoms with Crippen LogP contribution in [0.4, 0.5) is 0 Å². The Hall–Kier alpha value is -0.820. The molecule has 0 aliphatic rings. The fourth-order valence-corrected chi connectivity index (χ4v) is 1.54. The van der Waals surface area contributed by atoms with Crippen LogP contribution in [0.25, 0.3) is 0 Å². The highest BCUT2D eigenvalue weighted by Crippen LogP contribution is 2.20. The smallest absolute Gasteiger partial charge is 0.0499 e. The van der Waals surface area contributed by atoms with Crippen LogP contribution in [-0.2, 0) is 0 Å². The number of rotatable bonds is 5. The maximum absolute atomic E-state index is 9.21. The van der Waals surface area contributed by atoms with Gasteiger partial charge in [-0.15, -0.1) is 0 Å². The Morgan fingerprint density at radius 1 is 1.23 bits per heavy atom. The minimum Gasteiger partial charge on any atom is -0.396 e. The zero-order chi connectivity index (χ0) is 9.52. The third-order valence-electron chi connectivity index (χ3n) is 2.40. The summed E-state index contributed by atoms with van der Waals surface area (Å²) in [4.78, 5) is 0. The van der Waals surface area contributed by atoms with Crippen molar-refractivity contribution in [3.05, 3.63) is 35.9 Å². The van der Waals surface area contributed by atoms with E-state index in [-0.39, 0.29) is 6.61 Å². The number of aliphatic hydroxyl groups excluding tert-OH is 1. The number of hydrogen-bond donors (Lipinski definition) is 1. The van der Waals surface area contributed by atoms with E-state index >= 15 is 0 Å². The summed E-state index contributed by atoms with van der Waals surface area (Å²) in [6.07, 6.45) is 3.49. The second-order valence-corrected chi connectivity index (χ2v) is 3.43. The van der Waals surface area contributed by atoms with E-state index in [0.29, 0.717) is 5.92 Å². The van der Waals surface area contributed by atoms with Gasteiger partial charge in [-0.05, 0) is 12.0 Å². The van der Waals surface area contributed by atoms with Gasteiger partial charge in [-0.25, -0.2) is 0 Å². The Morgan fingerprint density at radius 3 is 2.46 bits per heavy atom. The standard InChI is InChI=1S/C12H18O/c1-2-3-7-12(10-13)11-8-5-4-6-9-11/h4-6,8-9,12-13H,2-3,7,10H2,1H3. The first-order valence-corrected chi connectivity index (χ1v) is 5.04. The zero-order valence-corrected chi connectivity index (χ0v) is 8.24. The predicted octanol–water partition coefficient (Wildman–Crippen LogP) is 2.95. The summed E-state index contributed by atoms with van der Waals surface area (Å²) in [5.41, 5.74) is 1.26. The second-order valence-electron chi connectivity index (χ2n) is 3.43. The summed E-state index contributed by atoms with van der Waals surface area (Å²) in [5, 5.41) is 9.21. The first-order chi connectivity index (χ1) is 6.38. The summed E-state index contributed by atoms with van der Waals surface area (Å²) in [7, 11) is 0.